The molecule has 0 unspecified atom stereocenters. The Balaban J connectivity index is 1.71. The molecule has 1 amide bonds. The van der Waals surface area contributed by atoms with E-state index < -0.39 is 6.10 Å². The van der Waals surface area contributed by atoms with Gasteiger partial charge in [0.05, 0.1) is 0 Å². The van der Waals surface area contributed by atoms with Crippen LogP contribution in [0.3, 0.4) is 0 Å². The molecule has 2 aromatic rings. The smallest absolute Gasteiger partial charge is 0.261 e. The Morgan fingerprint density at radius 2 is 1.92 bits per heavy atom. The van der Waals surface area contributed by atoms with Crippen molar-refractivity contribution in [1.82, 2.24) is 5.32 Å². The summed E-state index contributed by atoms with van der Waals surface area (Å²) < 4.78 is 5.79. The van der Waals surface area contributed by atoms with E-state index in [1.54, 1.807) is 11.8 Å². The van der Waals surface area contributed by atoms with Crippen LogP contribution in [0.15, 0.2) is 48.5 Å². The predicted molar refractivity (Wildman–Crippen MR) is 107 cm³/mol. The van der Waals surface area contributed by atoms with Gasteiger partial charge in [0.15, 0.2) is 6.10 Å². The molecule has 1 atom stereocenters. The predicted octanol–water partition coefficient (Wildman–Crippen LogP) is 4.86. The molecule has 2 rings (SSSR count). The maximum atomic E-state index is 12.3. The zero-order valence-corrected chi connectivity index (χ0v) is 16.2. The highest BCUT2D eigenvalue weighted by Gasteiger charge is 2.17. The summed E-state index contributed by atoms with van der Waals surface area (Å²) in [5.74, 6) is 2.33. The molecule has 0 heterocycles. The van der Waals surface area contributed by atoms with Crippen LogP contribution in [0.4, 0.5) is 0 Å². The Kier molecular flexibility index (Phi) is 8.16. The highest BCUT2D eigenvalue weighted by molar-refractivity contribution is 7.98. The number of hydrogen-bond donors (Lipinski definition) is 1. The third-order valence-electron chi connectivity index (χ3n) is 3.72. The van der Waals surface area contributed by atoms with Gasteiger partial charge in [0, 0.05) is 23.1 Å². The summed E-state index contributed by atoms with van der Waals surface area (Å²) in [4.78, 5) is 12.3. The molecule has 134 valence electrons. The lowest BCUT2D eigenvalue weighted by atomic mass is 10.2. The van der Waals surface area contributed by atoms with E-state index in [2.05, 4.69) is 5.32 Å². The monoisotopic (exact) mass is 377 g/mol. The van der Waals surface area contributed by atoms with Crippen LogP contribution in [0.5, 0.6) is 5.75 Å². The largest absolute Gasteiger partial charge is 0.481 e. The van der Waals surface area contributed by atoms with E-state index in [0.717, 1.165) is 27.8 Å². The van der Waals surface area contributed by atoms with Crippen molar-refractivity contribution in [1.29, 1.82) is 0 Å². The minimum atomic E-state index is -0.462. The molecule has 0 aliphatic rings. The van der Waals surface area contributed by atoms with Crippen molar-refractivity contribution >= 4 is 29.3 Å². The number of halogens is 1. The maximum absolute atomic E-state index is 12.3. The number of amides is 1. The molecule has 0 radical (unpaired) electrons. The Bertz CT molecular complexity index is 676. The van der Waals surface area contributed by atoms with Crippen molar-refractivity contribution in [3.63, 3.8) is 0 Å². The molecular formula is C20H24ClNO2S. The van der Waals surface area contributed by atoms with Gasteiger partial charge in [-0.05, 0) is 37.1 Å². The fourth-order valence-electron chi connectivity index (χ4n) is 2.26. The fourth-order valence-corrected chi connectivity index (χ4v) is 3.41. The number of rotatable bonds is 9. The molecule has 0 bridgehead atoms. The summed E-state index contributed by atoms with van der Waals surface area (Å²) in [6.45, 7) is 4.58. The quantitative estimate of drug-likeness (QED) is 0.634. The lowest BCUT2D eigenvalue weighted by molar-refractivity contribution is -0.127. The first-order chi connectivity index (χ1) is 12.1. The minimum absolute atomic E-state index is 0.0681. The molecule has 1 N–H and O–H groups in total. The van der Waals surface area contributed by atoms with Gasteiger partial charge in [-0.25, -0.2) is 0 Å². The zero-order valence-electron chi connectivity index (χ0n) is 14.6. The number of carbonyl (C=O) groups is 1. The Morgan fingerprint density at radius 3 is 2.60 bits per heavy atom. The van der Waals surface area contributed by atoms with E-state index in [4.69, 9.17) is 16.3 Å². The molecule has 0 saturated carbocycles. The molecule has 0 aromatic heterocycles. The van der Waals surface area contributed by atoms with Gasteiger partial charge in [0.1, 0.15) is 5.75 Å². The molecule has 5 heteroatoms. The van der Waals surface area contributed by atoms with Crippen molar-refractivity contribution in [2.45, 2.75) is 32.1 Å². The standard InChI is InChI=1S/C20H24ClNO2S/c1-3-19(24-17-10-8-15(2)9-11-17)20(23)22-12-13-25-14-16-6-4-5-7-18(16)21/h4-11,19H,3,12-14H2,1-2H3,(H,22,23)/t19-/m1/s1. The van der Waals surface area contributed by atoms with Crippen molar-refractivity contribution in [2.75, 3.05) is 12.3 Å². The van der Waals surface area contributed by atoms with Crippen LogP contribution < -0.4 is 10.1 Å². The molecular weight excluding hydrogens is 354 g/mol. The normalized spacial score (nSPS) is 11.8. The minimum Gasteiger partial charge on any atom is -0.481 e. The highest BCUT2D eigenvalue weighted by atomic mass is 35.5. The Hall–Kier alpha value is -1.65. The molecule has 0 fully saturated rings. The first kappa shape index (κ1) is 19.7. The third kappa shape index (κ3) is 6.63. The van der Waals surface area contributed by atoms with Crippen molar-refractivity contribution < 1.29 is 9.53 Å². The van der Waals surface area contributed by atoms with E-state index in [-0.39, 0.29) is 5.91 Å². The average molecular weight is 378 g/mol. The van der Waals surface area contributed by atoms with E-state index in [9.17, 15) is 4.79 Å². The van der Waals surface area contributed by atoms with Crippen LogP contribution in [0.1, 0.15) is 24.5 Å². The van der Waals surface area contributed by atoms with Crippen molar-refractivity contribution in [2.24, 2.45) is 0 Å². The van der Waals surface area contributed by atoms with Crippen LogP contribution >= 0.6 is 23.4 Å². The molecule has 3 nitrogen and oxygen atoms in total. The second-order valence-electron chi connectivity index (χ2n) is 5.76. The summed E-state index contributed by atoms with van der Waals surface area (Å²) >= 11 is 7.88. The van der Waals surface area contributed by atoms with Crippen molar-refractivity contribution in [3.05, 3.63) is 64.7 Å². The SMILES string of the molecule is CC[C@@H](Oc1ccc(C)cc1)C(=O)NCCSCc1ccccc1Cl. The van der Waals surface area contributed by atoms with Crippen LogP contribution in [-0.4, -0.2) is 24.3 Å². The van der Waals surface area contributed by atoms with E-state index in [1.807, 2.05) is 62.4 Å². The first-order valence-corrected chi connectivity index (χ1v) is 9.95. The average Bonchev–Trinajstić information content (AvgIpc) is 2.62. The molecule has 0 saturated heterocycles. The van der Waals surface area contributed by atoms with Gasteiger partial charge in [0.2, 0.25) is 0 Å². The molecule has 2 aromatic carbocycles. The summed E-state index contributed by atoms with van der Waals surface area (Å²) in [5, 5.41) is 3.74. The second-order valence-corrected chi connectivity index (χ2v) is 7.28. The van der Waals surface area contributed by atoms with Crippen LogP contribution in [0, 0.1) is 6.92 Å². The summed E-state index contributed by atoms with van der Waals surface area (Å²) in [7, 11) is 0. The maximum Gasteiger partial charge on any atom is 0.261 e. The highest BCUT2D eigenvalue weighted by Crippen LogP contribution is 2.20. The van der Waals surface area contributed by atoms with Crippen molar-refractivity contribution in [3.8, 4) is 5.75 Å². The Morgan fingerprint density at radius 1 is 1.20 bits per heavy atom. The van der Waals surface area contributed by atoms with Gasteiger partial charge in [-0.3, -0.25) is 4.79 Å². The number of benzene rings is 2. The van der Waals surface area contributed by atoms with Gasteiger partial charge in [0.25, 0.3) is 5.91 Å². The second kappa shape index (κ2) is 10.4. The fraction of sp³-hybridized carbons (Fsp3) is 0.350. The topological polar surface area (TPSA) is 38.3 Å². The number of carbonyl (C=O) groups excluding carboxylic acids is 1. The Labute approximate surface area is 159 Å². The van der Waals surface area contributed by atoms with Crippen LogP contribution in [0.2, 0.25) is 5.02 Å². The first-order valence-electron chi connectivity index (χ1n) is 8.42. The number of aryl methyl sites for hydroxylation is 1. The molecule has 0 aliphatic heterocycles. The lowest BCUT2D eigenvalue weighted by Gasteiger charge is -2.17. The third-order valence-corrected chi connectivity index (χ3v) is 5.10. The van der Waals surface area contributed by atoms with E-state index in [1.165, 1.54) is 5.56 Å². The molecule has 0 spiro atoms. The van der Waals surface area contributed by atoms with Crippen LogP contribution in [-0.2, 0) is 10.5 Å². The van der Waals surface area contributed by atoms with Gasteiger partial charge >= 0.3 is 0 Å². The number of hydrogen-bond acceptors (Lipinski definition) is 3. The summed E-state index contributed by atoms with van der Waals surface area (Å²) in [6.07, 6.45) is 0.170. The lowest BCUT2D eigenvalue weighted by Crippen LogP contribution is -2.39. The number of nitrogens with one attached hydrogen (secondary N) is 1. The van der Waals surface area contributed by atoms with E-state index >= 15 is 0 Å². The number of thioether (sulfide) groups is 1. The van der Waals surface area contributed by atoms with Gasteiger partial charge in [-0.15, -0.1) is 0 Å². The van der Waals surface area contributed by atoms with Gasteiger partial charge in [-0.1, -0.05) is 54.4 Å². The molecule has 25 heavy (non-hydrogen) atoms. The zero-order chi connectivity index (χ0) is 18.1. The summed E-state index contributed by atoms with van der Waals surface area (Å²) in [5.41, 5.74) is 2.29. The number of ether oxygens (including phenoxy) is 1. The van der Waals surface area contributed by atoms with Gasteiger partial charge in [-0.2, -0.15) is 11.8 Å². The van der Waals surface area contributed by atoms with Crippen LogP contribution in [0.25, 0.3) is 0 Å². The van der Waals surface area contributed by atoms with Gasteiger partial charge < -0.3 is 10.1 Å². The summed E-state index contributed by atoms with van der Waals surface area (Å²) in [6, 6.07) is 15.6. The van der Waals surface area contributed by atoms with E-state index in [0.29, 0.717) is 13.0 Å². The molecule has 0 aliphatic carbocycles.